The third-order valence-corrected chi connectivity index (χ3v) is 2.69. The number of carbonyl (C=O) groups is 1. The zero-order chi connectivity index (χ0) is 13.6. The first-order valence-corrected chi connectivity index (χ1v) is 6.27. The molecule has 0 spiro atoms. The Labute approximate surface area is 108 Å². The number of urea groups is 1. The first-order valence-electron chi connectivity index (χ1n) is 6.27. The van der Waals surface area contributed by atoms with Crippen LogP contribution in [0.2, 0.25) is 0 Å². The molecule has 2 amide bonds. The first kappa shape index (κ1) is 14.5. The van der Waals surface area contributed by atoms with Crippen LogP contribution >= 0.6 is 0 Å². The number of anilines is 1. The fourth-order valence-corrected chi connectivity index (χ4v) is 1.80. The van der Waals surface area contributed by atoms with E-state index in [1.54, 1.807) is 6.92 Å². The number of carbonyl (C=O) groups excluding carboxylic acids is 1. The lowest BCUT2D eigenvalue weighted by Gasteiger charge is -2.23. The zero-order valence-corrected chi connectivity index (χ0v) is 11.3. The van der Waals surface area contributed by atoms with Crippen molar-refractivity contribution in [2.75, 3.05) is 11.9 Å². The molecule has 0 radical (unpaired) electrons. The molecule has 0 fully saturated rings. The molecule has 1 aromatic rings. The summed E-state index contributed by atoms with van der Waals surface area (Å²) in [5.74, 6) is 0. The third kappa shape index (κ3) is 5.19. The van der Waals surface area contributed by atoms with Gasteiger partial charge in [0.05, 0.1) is 5.60 Å². The number of hydrogen-bond acceptors (Lipinski definition) is 2. The van der Waals surface area contributed by atoms with E-state index in [9.17, 15) is 9.90 Å². The quantitative estimate of drug-likeness (QED) is 0.752. The van der Waals surface area contributed by atoms with Gasteiger partial charge in [-0.2, -0.15) is 0 Å². The number of rotatable bonds is 5. The lowest BCUT2D eigenvalue weighted by atomic mass is 10.0. The van der Waals surface area contributed by atoms with Gasteiger partial charge in [-0.15, -0.1) is 0 Å². The van der Waals surface area contributed by atoms with Gasteiger partial charge in [0.15, 0.2) is 0 Å². The second kappa shape index (κ2) is 6.40. The minimum absolute atomic E-state index is 0.249. The van der Waals surface area contributed by atoms with Crippen molar-refractivity contribution in [2.24, 2.45) is 0 Å². The van der Waals surface area contributed by atoms with Gasteiger partial charge in [-0.25, -0.2) is 4.79 Å². The van der Waals surface area contributed by atoms with Gasteiger partial charge in [-0.05, 0) is 38.0 Å². The van der Waals surface area contributed by atoms with Gasteiger partial charge < -0.3 is 15.7 Å². The summed E-state index contributed by atoms with van der Waals surface area (Å²) in [5.41, 5.74) is 0.993. The molecule has 0 saturated carbocycles. The van der Waals surface area contributed by atoms with Gasteiger partial charge in [-0.3, -0.25) is 0 Å². The first-order chi connectivity index (χ1) is 8.43. The molecular weight excluding hydrogens is 228 g/mol. The number of amides is 2. The number of aryl methyl sites for hydroxylation is 1. The van der Waals surface area contributed by atoms with Crippen molar-refractivity contribution in [3.8, 4) is 0 Å². The molecule has 1 rings (SSSR count). The van der Waals surface area contributed by atoms with Crippen molar-refractivity contribution < 1.29 is 9.90 Å². The van der Waals surface area contributed by atoms with Crippen LogP contribution in [0.5, 0.6) is 0 Å². The SMILES string of the molecule is CCCC(C)(O)CNC(=O)Nc1cccc(C)c1. The van der Waals surface area contributed by atoms with Crippen molar-refractivity contribution in [3.05, 3.63) is 29.8 Å². The Bertz CT molecular complexity index is 403. The topological polar surface area (TPSA) is 61.4 Å². The Morgan fingerprint density at radius 2 is 2.17 bits per heavy atom. The monoisotopic (exact) mass is 250 g/mol. The summed E-state index contributed by atoms with van der Waals surface area (Å²) in [4.78, 5) is 11.6. The van der Waals surface area contributed by atoms with Crippen LogP contribution in [0.15, 0.2) is 24.3 Å². The second-order valence-electron chi connectivity index (χ2n) is 4.92. The molecule has 0 aliphatic rings. The lowest BCUT2D eigenvalue weighted by molar-refractivity contribution is 0.0529. The van der Waals surface area contributed by atoms with E-state index in [1.165, 1.54) is 0 Å². The van der Waals surface area contributed by atoms with Gasteiger partial charge in [0.1, 0.15) is 0 Å². The standard InChI is InChI=1S/C14H22N2O2/c1-4-8-14(3,18)10-15-13(17)16-12-7-5-6-11(2)9-12/h5-7,9,18H,4,8,10H2,1-3H3,(H2,15,16,17). The van der Waals surface area contributed by atoms with Gasteiger partial charge in [-0.1, -0.05) is 25.5 Å². The van der Waals surface area contributed by atoms with E-state index in [2.05, 4.69) is 10.6 Å². The van der Waals surface area contributed by atoms with Crippen LogP contribution in [0.25, 0.3) is 0 Å². The van der Waals surface area contributed by atoms with E-state index in [4.69, 9.17) is 0 Å². The van der Waals surface area contributed by atoms with E-state index >= 15 is 0 Å². The molecule has 1 atom stereocenters. The van der Waals surface area contributed by atoms with Crippen molar-refractivity contribution in [1.29, 1.82) is 0 Å². The van der Waals surface area contributed by atoms with Gasteiger partial charge in [0.25, 0.3) is 0 Å². The second-order valence-corrected chi connectivity index (χ2v) is 4.92. The molecule has 3 N–H and O–H groups in total. The van der Waals surface area contributed by atoms with Gasteiger partial charge in [0.2, 0.25) is 0 Å². The Morgan fingerprint density at radius 3 is 2.78 bits per heavy atom. The smallest absolute Gasteiger partial charge is 0.319 e. The zero-order valence-electron chi connectivity index (χ0n) is 11.3. The molecule has 4 nitrogen and oxygen atoms in total. The minimum atomic E-state index is -0.849. The van der Waals surface area contributed by atoms with Gasteiger partial charge in [0, 0.05) is 12.2 Å². The molecule has 1 aromatic carbocycles. The molecule has 0 aliphatic heterocycles. The minimum Gasteiger partial charge on any atom is -0.388 e. The van der Waals surface area contributed by atoms with E-state index in [0.29, 0.717) is 6.42 Å². The largest absolute Gasteiger partial charge is 0.388 e. The highest BCUT2D eigenvalue weighted by molar-refractivity contribution is 5.89. The summed E-state index contributed by atoms with van der Waals surface area (Å²) in [6, 6.07) is 7.28. The molecule has 100 valence electrons. The predicted molar refractivity (Wildman–Crippen MR) is 73.7 cm³/mol. The van der Waals surface area contributed by atoms with E-state index in [0.717, 1.165) is 17.7 Å². The lowest BCUT2D eigenvalue weighted by Crippen LogP contribution is -2.42. The summed E-state index contributed by atoms with van der Waals surface area (Å²) < 4.78 is 0. The molecule has 0 aliphatic carbocycles. The van der Waals surface area contributed by atoms with Crippen LogP contribution in [0.3, 0.4) is 0 Å². The normalized spacial score (nSPS) is 13.8. The summed E-state index contributed by atoms with van der Waals surface area (Å²) in [6.45, 7) is 5.94. The fourth-order valence-electron chi connectivity index (χ4n) is 1.80. The summed E-state index contributed by atoms with van der Waals surface area (Å²) >= 11 is 0. The summed E-state index contributed by atoms with van der Waals surface area (Å²) in [6.07, 6.45) is 1.55. The maximum Gasteiger partial charge on any atom is 0.319 e. The predicted octanol–water partition coefficient (Wildman–Crippen LogP) is 2.67. The average Bonchev–Trinajstić information content (AvgIpc) is 2.26. The van der Waals surface area contributed by atoms with Crippen molar-refractivity contribution in [3.63, 3.8) is 0 Å². The molecule has 0 bridgehead atoms. The molecule has 4 heteroatoms. The highest BCUT2D eigenvalue weighted by Gasteiger charge is 2.19. The van der Waals surface area contributed by atoms with Crippen molar-refractivity contribution >= 4 is 11.7 Å². The maximum atomic E-state index is 11.6. The summed E-state index contributed by atoms with van der Waals surface area (Å²) in [7, 11) is 0. The molecule has 18 heavy (non-hydrogen) atoms. The number of aliphatic hydroxyl groups is 1. The van der Waals surface area contributed by atoms with Crippen LogP contribution in [0, 0.1) is 6.92 Å². The fraction of sp³-hybridized carbons (Fsp3) is 0.500. The number of nitrogens with one attached hydrogen (secondary N) is 2. The van der Waals surface area contributed by atoms with E-state index < -0.39 is 5.60 Å². The highest BCUT2D eigenvalue weighted by Crippen LogP contribution is 2.11. The van der Waals surface area contributed by atoms with Crippen LogP contribution in [0.1, 0.15) is 32.3 Å². The van der Waals surface area contributed by atoms with E-state index in [-0.39, 0.29) is 12.6 Å². The van der Waals surface area contributed by atoms with Gasteiger partial charge >= 0.3 is 6.03 Å². The molecule has 0 heterocycles. The summed E-state index contributed by atoms with van der Waals surface area (Å²) in [5, 5.41) is 15.3. The molecule has 1 unspecified atom stereocenters. The molecular formula is C14H22N2O2. The average molecular weight is 250 g/mol. The molecule has 0 saturated heterocycles. The van der Waals surface area contributed by atoms with Crippen LogP contribution in [-0.2, 0) is 0 Å². The Balaban J connectivity index is 2.43. The maximum absolute atomic E-state index is 11.6. The van der Waals surface area contributed by atoms with Crippen LogP contribution in [0.4, 0.5) is 10.5 Å². The number of hydrogen-bond donors (Lipinski definition) is 3. The van der Waals surface area contributed by atoms with E-state index in [1.807, 2.05) is 38.1 Å². The van der Waals surface area contributed by atoms with Crippen molar-refractivity contribution in [1.82, 2.24) is 5.32 Å². The van der Waals surface area contributed by atoms with Crippen LogP contribution < -0.4 is 10.6 Å². The Morgan fingerprint density at radius 1 is 1.44 bits per heavy atom. The highest BCUT2D eigenvalue weighted by atomic mass is 16.3. The van der Waals surface area contributed by atoms with Crippen molar-refractivity contribution in [2.45, 2.75) is 39.2 Å². The number of benzene rings is 1. The molecule has 0 aromatic heterocycles. The Hall–Kier alpha value is -1.55. The Kier molecular flexibility index (Phi) is 5.16. The third-order valence-electron chi connectivity index (χ3n) is 2.69. The van der Waals surface area contributed by atoms with Crippen LogP contribution in [-0.4, -0.2) is 23.3 Å².